The van der Waals surface area contributed by atoms with Gasteiger partial charge in [-0.1, -0.05) is 48.0 Å². The number of amides is 1. The molecule has 2 aromatic rings. The van der Waals surface area contributed by atoms with Gasteiger partial charge < -0.3 is 19.8 Å². The van der Waals surface area contributed by atoms with Crippen LogP contribution in [0.15, 0.2) is 54.1 Å². The van der Waals surface area contributed by atoms with Crippen LogP contribution in [0.2, 0.25) is 0 Å². The van der Waals surface area contributed by atoms with E-state index in [0.717, 1.165) is 5.56 Å². The summed E-state index contributed by atoms with van der Waals surface area (Å²) in [6, 6.07) is 12.8. The van der Waals surface area contributed by atoms with E-state index in [2.05, 4.69) is 0 Å². The number of para-hydroxylation sites is 1. The van der Waals surface area contributed by atoms with Crippen molar-refractivity contribution in [3.8, 4) is 5.75 Å². The van der Waals surface area contributed by atoms with E-state index in [9.17, 15) is 19.5 Å². The highest BCUT2D eigenvalue weighted by atomic mass is 16.5. The molecule has 0 bridgehead atoms. The first-order valence-corrected chi connectivity index (χ1v) is 9.05. The lowest BCUT2D eigenvalue weighted by Crippen LogP contribution is -2.32. The summed E-state index contributed by atoms with van der Waals surface area (Å²) in [5.74, 6) is -2.68. The van der Waals surface area contributed by atoms with Crippen LogP contribution < -0.4 is 4.74 Å². The maximum absolute atomic E-state index is 12.8. The molecular formula is C22H21NO6. The number of aryl methyl sites for hydroxylation is 1. The second-order valence-electron chi connectivity index (χ2n) is 6.74. The number of carboxylic acid groups (broad SMARTS) is 1. The van der Waals surface area contributed by atoms with Gasteiger partial charge in [-0.25, -0.2) is 0 Å². The molecule has 1 saturated heterocycles. The Morgan fingerprint density at radius 3 is 2.34 bits per heavy atom. The van der Waals surface area contributed by atoms with E-state index in [1.54, 1.807) is 48.5 Å². The summed E-state index contributed by atoms with van der Waals surface area (Å²) in [4.78, 5) is 37.8. The summed E-state index contributed by atoms with van der Waals surface area (Å²) in [6.45, 7) is 1.72. The second kappa shape index (κ2) is 8.18. The number of rotatable bonds is 6. The molecule has 0 radical (unpaired) electrons. The molecule has 7 heteroatoms. The third kappa shape index (κ3) is 3.85. The fourth-order valence-corrected chi connectivity index (χ4v) is 3.41. The van der Waals surface area contributed by atoms with Crippen molar-refractivity contribution in [2.24, 2.45) is 0 Å². The van der Waals surface area contributed by atoms with Gasteiger partial charge in [-0.2, -0.15) is 0 Å². The van der Waals surface area contributed by atoms with Crippen molar-refractivity contribution < 1.29 is 29.3 Å². The van der Waals surface area contributed by atoms with Gasteiger partial charge in [0.1, 0.15) is 11.5 Å². The number of carbonyl (C=O) groups excluding carboxylic acids is 2. The van der Waals surface area contributed by atoms with E-state index < -0.39 is 23.7 Å². The zero-order chi connectivity index (χ0) is 21.1. The number of nitrogens with zero attached hydrogens (tertiary/aromatic N) is 1. The number of hydrogen-bond acceptors (Lipinski definition) is 5. The number of carboxylic acids is 1. The van der Waals surface area contributed by atoms with E-state index in [1.165, 1.54) is 12.0 Å². The second-order valence-corrected chi connectivity index (χ2v) is 6.74. The summed E-state index contributed by atoms with van der Waals surface area (Å²) in [7, 11) is 1.46. The molecule has 0 saturated carbocycles. The van der Waals surface area contributed by atoms with Crippen LogP contribution in [-0.4, -0.2) is 46.4 Å². The number of ketones is 1. The number of aliphatic hydroxyl groups excluding tert-OH is 1. The molecule has 1 amide bonds. The molecule has 2 N–H and O–H groups in total. The Hall–Kier alpha value is -3.61. The van der Waals surface area contributed by atoms with Gasteiger partial charge in [0.15, 0.2) is 0 Å². The Morgan fingerprint density at radius 2 is 1.72 bits per heavy atom. The van der Waals surface area contributed by atoms with Crippen LogP contribution in [0.4, 0.5) is 0 Å². The quantitative estimate of drug-likeness (QED) is 0.443. The Morgan fingerprint density at radius 1 is 1.07 bits per heavy atom. The molecule has 29 heavy (non-hydrogen) atoms. The molecular weight excluding hydrogens is 374 g/mol. The predicted octanol–water partition coefficient (Wildman–Crippen LogP) is 2.90. The summed E-state index contributed by atoms with van der Waals surface area (Å²) in [5, 5.41) is 20.0. The van der Waals surface area contributed by atoms with Gasteiger partial charge in [0.25, 0.3) is 11.7 Å². The molecule has 150 valence electrons. The standard InChI is InChI=1S/C22H21NO6/c1-13-7-9-14(10-8-13)20(26)18-19(15-5-3-4-6-16(15)29-2)23(12-11-17(24)25)22(28)21(18)27/h3-10,19,26H,11-12H2,1-2H3,(H,24,25)/t19-/m1/s1. The van der Waals surface area contributed by atoms with Crippen LogP contribution >= 0.6 is 0 Å². The number of methoxy groups -OCH3 is 1. The Labute approximate surface area is 167 Å². The molecule has 7 nitrogen and oxygen atoms in total. The number of aliphatic carboxylic acids is 1. The lowest BCUT2D eigenvalue weighted by atomic mass is 9.94. The van der Waals surface area contributed by atoms with Crippen molar-refractivity contribution in [1.82, 2.24) is 4.90 Å². The third-order valence-corrected chi connectivity index (χ3v) is 4.87. The van der Waals surface area contributed by atoms with Gasteiger partial charge in [0.05, 0.1) is 25.1 Å². The first kappa shape index (κ1) is 20.1. The maximum atomic E-state index is 12.8. The molecule has 0 spiro atoms. The number of Topliss-reactive ketones (excluding diaryl/α,β-unsaturated/α-hetero) is 1. The molecule has 1 aliphatic rings. The average Bonchev–Trinajstić information content (AvgIpc) is 2.96. The minimum absolute atomic E-state index is 0.0891. The smallest absolute Gasteiger partial charge is 0.305 e. The summed E-state index contributed by atoms with van der Waals surface area (Å²) >= 11 is 0. The number of aliphatic hydroxyl groups is 1. The Balaban J connectivity index is 2.20. The van der Waals surface area contributed by atoms with E-state index >= 15 is 0 Å². The normalized spacial score (nSPS) is 18.1. The van der Waals surface area contributed by atoms with Crippen LogP contribution in [0, 0.1) is 6.92 Å². The fraction of sp³-hybridized carbons (Fsp3) is 0.227. The van der Waals surface area contributed by atoms with E-state index in [4.69, 9.17) is 9.84 Å². The first-order chi connectivity index (χ1) is 13.8. The predicted molar refractivity (Wildman–Crippen MR) is 105 cm³/mol. The molecule has 1 atom stereocenters. The largest absolute Gasteiger partial charge is 0.507 e. The Bertz CT molecular complexity index is 993. The van der Waals surface area contributed by atoms with Crippen molar-refractivity contribution in [2.75, 3.05) is 13.7 Å². The van der Waals surface area contributed by atoms with Crippen LogP contribution in [0.5, 0.6) is 5.75 Å². The van der Waals surface area contributed by atoms with Gasteiger partial charge in [-0.15, -0.1) is 0 Å². The number of carbonyl (C=O) groups is 3. The highest BCUT2D eigenvalue weighted by Crippen LogP contribution is 2.42. The molecule has 0 aliphatic carbocycles. The van der Waals surface area contributed by atoms with Crippen LogP contribution in [0.25, 0.3) is 5.76 Å². The SMILES string of the molecule is COc1ccccc1[C@@H]1C(=C(O)c2ccc(C)cc2)C(=O)C(=O)N1CCC(=O)O. The van der Waals surface area contributed by atoms with Crippen molar-refractivity contribution in [1.29, 1.82) is 0 Å². The molecule has 2 aromatic carbocycles. The number of likely N-dealkylation sites (tertiary alicyclic amines) is 1. The van der Waals surface area contributed by atoms with Gasteiger partial charge in [0.2, 0.25) is 0 Å². The van der Waals surface area contributed by atoms with Crippen LogP contribution in [-0.2, 0) is 14.4 Å². The zero-order valence-corrected chi connectivity index (χ0v) is 16.1. The van der Waals surface area contributed by atoms with Crippen molar-refractivity contribution in [3.63, 3.8) is 0 Å². The molecule has 3 rings (SSSR count). The third-order valence-electron chi connectivity index (χ3n) is 4.87. The molecule has 1 heterocycles. The minimum atomic E-state index is -1.09. The van der Waals surface area contributed by atoms with Crippen molar-refractivity contribution >= 4 is 23.4 Å². The number of benzene rings is 2. The highest BCUT2D eigenvalue weighted by molar-refractivity contribution is 6.46. The van der Waals surface area contributed by atoms with Crippen molar-refractivity contribution in [3.05, 3.63) is 70.8 Å². The number of ether oxygens (including phenoxy) is 1. The van der Waals surface area contributed by atoms with E-state index in [1.807, 2.05) is 6.92 Å². The summed E-state index contributed by atoms with van der Waals surface area (Å²) in [6.07, 6.45) is -0.330. The molecule has 0 aromatic heterocycles. The van der Waals surface area contributed by atoms with E-state index in [-0.39, 0.29) is 24.3 Å². The lowest BCUT2D eigenvalue weighted by molar-refractivity contribution is -0.142. The molecule has 0 unspecified atom stereocenters. The monoisotopic (exact) mass is 395 g/mol. The summed E-state index contributed by atoms with van der Waals surface area (Å²) < 4.78 is 5.38. The molecule has 1 aliphatic heterocycles. The lowest BCUT2D eigenvalue weighted by Gasteiger charge is -2.26. The van der Waals surface area contributed by atoms with Crippen molar-refractivity contribution in [2.45, 2.75) is 19.4 Å². The van der Waals surface area contributed by atoms with Gasteiger partial charge >= 0.3 is 5.97 Å². The van der Waals surface area contributed by atoms with Gasteiger partial charge in [0, 0.05) is 17.7 Å². The highest BCUT2D eigenvalue weighted by Gasteiger charge is 2.46. The van der Waals surface area contributed by atoms with E-state index in [0.29, 0.717) is 16.9 Å². The summed E-state index contributed by atoms with van der Waals surface area (Å²) in [5.41, 5.74) is 1.78. The zero-order valence-electron chi connectivity index (χ0n) is 16.1. The minimum Gasteiger partial charge on any atom is -0.507 e. The number of hydrogen-bond donors (Lipinski definition) is 2. The van der Waals surface area contributed by atoms with Crippen LogP contribution in [0.1, 0.15) is 29.2 Å². The fourth-order valence-electron chi connectivity index (χ4n) is 3.41. The topological polar surface area (TPSA) is 104 Å². The molecule has 1 fully saturated rings. The first-order valence-electron chi connectivity index (χ1n) is 9.05. The van der Waals surface area contributed by atoms with Crippen LogP contribution in [0.3, 0.4) is 0 Å². The van der Waals surface area contributed by atoms with Gasteiger partial charge in [-0.3, -0.25) is 14.4 Å². The maximum Gasteiger partial charge on any atom is 0.305 e. The average molecular weight is 395 g/mol. The van der Waals surface area contributed by atoms with Gasteiger partial charge in [-0.05, 0) is 13.0 Å². The Kier molecular flexibility index (Phi) is 5.68.